The van der Waals surface area contributed by atoms with Gasteiger partial charge in [0.05, 0.1) is 52.7 Å². The molecule has 2 saturated heterocycles. The Morgan fingerprint density at radius 3 is 2.67 bits per heavy atom. The average Bonchev–Trinajstić information content (AvgIpc) is 3.41. The van der Waals surface area contributed by atoms with Gasteiger partial charge in [0.25, 0.3) is 11.8 Å². The van der Waals surface area contributed by atoms with E-state index in [4.69, 9.17) is 22.1 Å². The highest BCUT2D eigenvalue weighted by Crippen LogP contribution is 2.32. The van der Waals surface area contributed by atoms with Crippen LogP contribution >= 0.6 is 11.6 Å². The van der Waals surface area contributed by atoms with Crippen LogP contribution in [0.2, 0.25) is 5.02 Å². The van der Waals surface area contributed by atoms with E-state index in [0.29, 0.717) is 31.1 Å². The number of carbonyl (C=O) groups is 2. The van der Waals surface area contributed by atoms with E-state index in [-0.39, 0.29) is 33.4 Å². The number of likely N-dealkylation sites (N-methyl/N-ethyl adjacent to an activating group) is 1. The lowest BCUT2D eigenvalue weighted by molar-refractivity contribution is 0.0383. The van der Waals surface area contributed by atoms with Gasteiger partial charge in [-0.15, -0.1) is 5.10 Å². The molecule has 5 rings (SSSR count). The number of hydrogen-bond donors (Lipinski definition) is 3. The van der Waals surface area contributed by atoms with E-state index in [0.717, 1.165) is 57.9 Å². The van der Waals surface area contributed by atoms with Gasteiger partial charge in [-0.1, -0.05) is 16.8 Å². The van der Waals surface area contributed by atoms with Crippen molar-refractivity contribution in [2.24, 2.45) is 0 Å². The van der Waals surface area contributed by atoms with Crippen LogP contribution in [0.15, 0.2) is 30.5 Å². The third kappa shape index (κ3) is 7.24. The first-order valence-electron chi connectivity index (χ1n) is 14.3. The molecule has 0 atom stereocenters. The predicted octanol–water partition coefficient (Wildman–Crippen LogP) is 2.41. The Kier molecular flexibility index (Phi) is 9.76. The van der Waals surface area contributed by atoms with Crippen LogP contribution in [0, 0.1) is 12.7 Å². The van der Waals surface area contributed by atoms with E-state index in [1.165, 1.54) is 17.7 Å². The molecule has 3 heterocycles. The molecular weight excluding hydrogens is 577 g/mol. The number of amides is 2. The van der Waals surface area contributed by atoms with Gasteiger partial charge in [0, 0.05) is 51.4 Å². The Balaban J connectivity index is 1.38. The zero-order valence-electron chi connectivity index (χ0n) is 24.4. The SMILES string of the molecule is Cc1c(F)c(N)cc(C(=O)Nc2cc(-n3cc(C(=O)NCCN4CCOCC4)nn3)ccc2N2CCCN(C)CC2)c1Cl. The van der Waals surface area contributed by atoms with Crippen LogP contribution in [0.1, 0.15) is 32.8 Å². The van der Waals surface area contributed by atoms with Crippen molar-refractivity contribution in [3.8, 4) is 5.69 Å². The second kappa shape index (κ2) is 13.7. The molecule has 1 aromatic heterocycles. The van der Waals surface area contributed by atoms with Gasteiger partial charge in [-0.25, -0.2) is 9.07 Å². The first kappa shape index (κ1) is 30.7. The van der Waals surface area contributed by atoms with E-state index in [1.54, 1.807) is 12.3 Å². The van der Waals surface area contributed by atoms with Gasteiger partial charge < -0.3 is 30.9 Å². The fourth-order valence-electron chi connectivity index (χ4n) is 5.22. The van der Waals surface area contributed by atoms with E-state index in [1.807, 2.05) is 12.1 Å². The first-order chi connectivity index (χ1) is 20.7. The Labute approximate surface area is 254 Å². The molecule has 4 N–H and O–H groups in total. The summed E-state index contributed by atoms with van der Waals surface area (Å²) in [6.45, 7) is 9.16. The quantitative estimate of drug-likeness (QED) is 0.328. The molecule has 12 nitrogen and oxygen atoms in total. The lowest BCUT2D eigenvalue weighted by atomic mass is 10.1. The number of hydrogen-bond acceptors (Lipinski definition) is 9. The molecule has 2 aliphatic rings. The third-order valence-corrected chi connectivity index (χ3v) is 8.28. The number of nitrogens with zero attached hydrogens (tertiary/aromatic N) is 6. The van der Waals surface area contributed by atoms with Crippen LogP contribution < -0.4 is 21.3 Å². The normalized spacial score (nSPS) is 16.6. The number of aromatic nitrogens is 3. The summed E-state index contributed by atoms with van der Waals surface area (Å²) in [6, 6.07) is 6.78. The predicted molar refractivity (Wildman–Crippen MR) is 164 cm³/mol. The Morgan fingerprint density at radius 2 is 1.88 bits per heavy atom. The van der Waals surface area contributed by atoms with E-state index in [2.05, 4.69) is 42.7 Å². The average molecular weight is 614 g/mol. The fraction of sp³-hybridized carbons (Fsp3) is 0.448. The smallest absolute Gasteiger partial charge is 0.273 e. The maximum absolute atomic E-state index is 14.3. The number of halogens is 2. The lowest BCUT2D eigenvalue weighted by Gasteiger charge is -2.26. The fourth-order valence-corrected chi connectivity index (χ4v) is 5.44. The van der Waals surface area contributed by atoms with Crippen LogP contribution in [0.25, 0.3) is 5.69 Å². The number of rotatable bonds is 8. The van der Waals surface area contributed by atoms with Crippen molar-refractivity contribution in [2.75, 3.05) is 88.6 Å². The Hall–Kier alpha value is -3.78. The summed E-state index contributed by atoms with van der Waals surface area (Å²) in [5.41, 5.74) is 7.92. The second-order valence-electron chi connectivity index (χ2n) is 10.8. The molecule has 2 amide bonds. The summed E-state index contributed by atoms with van der Waals surface area (Å²) in [5.74, 6) is -1.49. The number of carbonyl (C=O) groups excluding carboxylic acids is 2. The molecule has 0 spiro atoms. The van der Waals surface area contributed by atoms with E-state index < -0.39 is 11.7 Å². The van der Waals surface area contributed by atoms with Gasteiger partial charge in [0.15, 0.2) is 11.5 Å². The number of anilines is 3. The minimum atomic E-state index is -0.648. The standard InChI is InChI=1S/C29H37ClFN9O3/c1-19-26(30)21(17-22(32)27(19)31)28(41)34-23-16-20(4-5-25(23)39-8-3-7-37(2)10-11-39)40-18-24(35-36-40)29(42)33-6-9-38-12-14-43-15-13-38/h4-5,16-18H,3,6-15,32H2,1-2H3,(H,33,42)(H,34,41). The molecule has 0 radical (unpaired) electrons. The number of morpholine rings is 1. The monoisotopic (exact) mass is 613 g/mol. The van der Waals surface area contributed by atoms with Crippen molar-refractivity contribution in [3.63, 3.8) is 0 Å². The molecule has 230 valence electrons. The van der Waals surface area contributed by atoms with Gasteiger partial charge in [0.1, 0.15) is 0 Å². The van der Waals surface area contributed by atoms with Crippen molar-refractivity contribution < 1.29 is 18.7 Å². The molecule has 0 unspecified atom stereocenters. The molecule has 2 aromatic carbocycles. The minimum absolute atomic E-state index is 0.00106. The number of nitrogens with two attached hydrogens (primary N) is 1. The Bertz CT molecular complexity index is 1480. The molecule has 2 aliphatic heterocycles. The van der Waals surface area contributed by atoms with Crippen LogP contribution in [0.3, 0.4) is 0 Å². The molecule has 43 heavy (non-hydrogen) atoms. The number of ether oxygens (including phenoxy) is 1. The third-order valence-electron chi connectivity index (χ3n) is 7.79. The van der Waals surface area contributed by atoms with E-state index >= 15 is 0 Å². The minimum Gasteiger partial charge on any atom is -0.396 e. The van der Waals surface area contributed by atoms with Crippen LogP contribution in [0.4, 0.5) is 21.5 Å². The summed E-state index contributed by atoms with van der Waals surface area (Å²) >= 11 is 6.36. The van der Waals surface area contributed by atoms with Gasteiger partial charge in [-0.2, -0.15) is 0 Å². The molecule has 0 saturated carbocycles. The first-order valence-corrected chi connectivity index (χ1v) is 14.7. The van der Waals surface area contributed by atoms with Gasteiger partial charge in [-0.3, -0.25) is 14.5 Å². The van der Waals surface area contributed by atoms with Crippen LogP contribution in [-0.2, 0) is 4.74 Å². The van der Waals surface area contributed by atoms with Crippen LogP contribution in [0.5, 0.6) is 0 Å². The number of nitrogen functional groups attached to an aromatic ring is 1. The van der Waals surface area contributed by atoms with Crippen molar-refractivity contribution in [1.29, 1.82) is 0 Å². The highest BCUT2D eigenvalue weighted by Gasteiger charge is 2.22. The van der Waals surface area contributed by atoms with Gasteiger partial charge >= 0.3 is 0 Å². The zero-order chi connectivity index (χ0) is 30.5. The van der Waals surface area contributed by atoms with Crippen molar-refractivity contribution in [2.45, 2.75) is 13.3 Å². The van der Waals surface area contributed by atoms with E-state index in [9.17, 15) is 14.0 Å². The summed E-state index contributed by atoms with van der Waals surface area (Å²) < 4.78 is 21.1. The topological polar surface area (TPSA) is 134 Å². The maximum Gasteiger partial charge on any atom is 0.273 e. The molecular formula is C29H37ClFN9O3. The highest BCUT2D eigenvalue weighted by molar-refractivity contribution is 6.35. The maximum atomic E-state index is 14.3. The van der Waals surface area contributed by atoms with Crippen LogP contribution in [-0.4, -0.2) is 109 Å². The van der Waals surface area contributed by atoms with Crippen molar-refractivity contribution in [3.05, 3.63) is 58.1 Å². The Morgan fingerprint density at radius 1 is 1.09 bits per heavy atom. The summed E-state index contributed by atoms with van der Waals surface area (Å²) in [5, 5.41) is 14.1. The summed E-state index contributed by atoms with van der Waals surface area (Å²) in [7, 11) is 2.08. The molecule has 14 heteroatoms. The number of benzene rings is 2. The largest absolute Gasteiger partial charge is 0.396 e. The van der Waals surface area contributed by atoms with Gasteiger partial charge in [0.2, 0.25) is 0 Å². The summed E-state index contributed by atoms with van der Waals surface area (Å²) in [4.78, 5) is 32.9. The van der Waals surface area contributed by atoms with Crippen molar-refractivity contribution in [1.82, 2.24) is 30.1 Å². The number of nitrogens with one attached hydrogen (secondary N) is 2. The van der Waals surface area contributed by atoms with Crippen molar-refractivity contribution >= 4 is 40.5 Å². The molecule has 0 aliphatic carbocycles. The van der Waals surface area contributed by atoms with Gasteiger partial charge in [-0.05, 0) is 51.2 Å². The summed E-state index contributed by atoms with van der Waals surface area (Å²) in [6.07, 6.45) is 2.50. The molecule has 0 bridgehead atoms. The molecule has 2 fully saturated rings. The highest BCUT2D eigenvalue weighted by atomic mass is 35.5. The lowest BCUT2D eigenvalue weighted by Crippen LogP contribution is -2.41. The zero-order valence-corrected chi connectivity index (χ0v) is 25.2. The second-order valence-corrected chi connectivity index (χ2v) is 11.2. The molecule has 3 aromatic rings.